The van der Waals surface area contributed by atoms with Crippen molar-refractivity contribution in [1.82, 2.24) is 26.7 Å². The van der Waals surface area contributed by atoms with Gasteiger partial charge >= 0.3 is 7.82 Å². The van der Waals surface area contributed by atoms with Gasteiger partial charge in [-0.3, -0.25) is 33.3 Å². The third-order valence-electron chi connectivity index (χ3n) is 13.7. The summed E-state index contributed by atoms with van der Waals surface area (Å²) in [5.74, 6) is -4.38. The van der Waals surface area contributed by atoms with E-state index in [4.69, 9.17) is 48.9 Å². The van der Waals surface area contributed by atoms with Gasteiger partial charge in [-0.15, -0.1) is 0 Å². The Balaban J connectivity index is 1.62. The van der Waals surface area contributed by atoms with Crippen molar-refractivity contribution in [2.75, 3.05) is 112 Å². The number of phosphoric ester groups is 1. The number of phosphoric acid groups is 1. The van der Waals surface area contributed by atoms with Gasteiger partial charge in [0.1, 0.15) is 42.2 Å². The first-order valence-corrected chi connectivity index (χ1v) is 29.6. The lowest BCUT2D eigenvalue weighted by Crippen LogP contribution is -2.58. The van der Waals surface area contributed by atoms with Crippen LogP contribution in [0, 0.1) is 17.8 Å². The summed E-state index contributed by atoms with van der Waals surface area (Å²) in [6.45, 7) is 1.51. The first-order chi connectivity index (χ1) is 40.5. The zero-order chi connectivity index (χ0) is 63.0. The standard InChI is InChI=1S/C50H92N5O28P/c1-30-41(64)44(67)33(24-56)81-47(30)76-16-5-13-52-37(60)10-19-73-27-50(54-39(62)9-4-8-36(59)51-15-7-18-80-84(70,71)72,28-74-20-11-38(61)53-14-6-17-77-48-31(2)42(65)45(68)34(25-57)82-48)29-75-21-12-40(63)55-79-23-22-78-49-32(3)43(66)46(69)35(26-58)83-49/h30-35,41-49,56-58,64-69H,4-29H2,1-3H3,(H,51,59)(H,52,60)(H,53,61)(H,54,62)(H,55,63)(H2,70,71,72)/t30?,31?,32?,33?,34?,35?,41-,42-,43-,44+,45+,46+,47-,48-,49-,50?/m1/s1/i/hT. The monoisotopic (exact) mass is 1240 g/mol. The maximum absolute atomic E-state index is 13.7. The number of amides is 5. The highest BCUT2D eigenvalue weighted by Gasteiger charge is 2.45. The topological polar surface area (TPSA) is 487 Å². The van der Waals surface area contributed by atoms with Crippen LogP contribution in [0.5, 0.6) is 0 Å². The molecule has 0 bridgehead atoms. The molecule has 0 aromatic carbocycles. The smallest absolute Gasteiger partial charge is 0.394 e. The van der Waals surface area contributed by atoms with E-state index in [2.05, 4.69) is 36.2 Å². The largest absolute Gasteiger partial charge is 0.469 e. The second-order valence-electron chi connectivity index (χ2n) is 20.7. The molecule has 16 N–H and O–H groups in total. The summed E-state index contributed by atoms with van der Waals surface area (Å²) in [7, 11) is -4.52. The van der Waals surface area contributed by atoms with Crippen LogP contribution >= 0.6 is 7.82 Å². The molecule has 0 aliphatic carbocycles. The van der Waals surface area contributed by atoms with Crippen molar-refractivity contribution < 1.29 is 136 Å². The van der Waals surface area contributed by atoms with E-state index < -0.39 is 154 Å². The molecule has 3 fully saturated rings. The number of nitrogens with one attached hydrogen (secondary N) is 5. The van der Waals surface area contributed by atoms with Gasteiger partial charge in [0.05, 0.1) is 117 Å². The van der Waals surface area contributed by atoms with Gasteiger partial charge in [-0.25, -0.2) is 10.0 Å². The Kier molecular flexibility index (Phi) is 35.1. The number of rotatable bonds is 44. The summed E-state index contributed by atoms with van der Waals surface area (Å²) in [5.41, 5.74) is 0.688. The van der Waals surface area contributed by atoms with Crippen LogP contribution in [0.1, 0.15) is 78.6 Å². The molecule has 0 aromatic rings. The predicted octanol–water partition coefficient (Wildman–Crippen LogP) is -5.82. The van der Waals surface area contributed by atoms with E-state index in [-0.39, 0.29) is 137 Å². The second-order valence-corrected chi connectivity index (χ2v) is 21.9. The van der Waals surface area contributed by atoms with E-state index in [9.17, 15) is 79.4 Å². The Labute approximate surface area is 488 Å². The van der Waals surface area contributed by atoms with Crippen LogP contribution < -0.4 is 26.7 Å². The highest BCUT2D eigenvalue weighted by molar-refractivity contribution is 7.46. The minimum absolute atomic E-state index is 0.0369. The van der Waals surface area contributed by atoms with Gasteiger partial charge in [-0.05, 0) is 25.7 Å². The van der Waals surface area contributed by atoms with Crippen molar-refractivity contribution >= 4 is 37.4 Å². The van der Waals surface area contributed by atoms with Crippen molar-refractivity contribution in [3.8, 4) is 0 Å². The average Bonchev–Trinajstić information content (AvgIpc) is 3.50. The number of hydroxylamine groups is 1. The van der Waals surface area contributed by atoms with Crippen LogP contribution in [-0.2, 0) is 80.5 Å². The Hall–Kier alpha value is -3.30. The highest BCUT2D eigenvalue weighted by Crippen LogP contribution is 2.35. The van der Waals surface area contributed by atoms with Crippen molar-refractivity contribution in [3.63, 3.8) is 0 Å². The lowest BCUT2D eigenvalue weighted by molar-refractivity contribution is -0.284. The van der Waals surface area contributed by atoms with Gasteiger partial charge in [0.15, 0.2) is 18.9 Å². The lowest BCUT2D eigenvalue weighted by atomic mass is 9.92. The molecule has 5 amide bonds. The summed E-state index contributed by atoms with van der Waals surface area (Å²) in [4.78, 5) is 82.8. The van der Waals surface area contributed by atoms with Crippen LogP contribution in [0.2, 0.25) is 0 Å². The second kappa shape index (κ2) is 40.3. The van der Waals surface area contributed by atoms with E-state index in [0.717, 1.165) is 0 Å². The number of hydrogen-bond donors (Lipinski definition) is 16. The van der Waals surface area contributed by atoms with Crippen molar-refractivity contribution in [2.24, 2.45) is 17.8 Å². The molecule has 0 aromatic heterocycles. The van der Waals surface area contributed by atoms with E-state index in [0.29, 0.717) is 12.8 Å². The SMILES string of the molecule is [3H]OP(=O)(O)OCCCNC(=O)CCCC(=O)NC(COCCC(=O)NCCCO[C@@H]1OC(CO)[C@H](O)[C@H](O)C1C)(COCCC(=O)NCCCO[C@@H]1OC(CO)[C@H](O)[C@H](O)C1C)COCCC(=O)NOCCO[C@@H]1OC(CO)[C@H](O)[C@H](O)C1C. The van der Waals surface area contributed by atoms with E-state index in [1.807, 2.05) is 0 Å². The number of ether oxygens (including phenoxy) is 9. The van der Waals surface area contributed by atoms with Crippen LogP contribution in [0.25, 0.3) is 0 Å². The molecule has 0 spiro atoms. The normalized spacial score (nSPS) is 29.6. The molecule has 3 heterocycles. The number of carbonyl (C=O) groups is 5. The van der Waals surface area contributed by atoms with Crippen molar-refractivity contribution in [2.45, 2.75) is 158 Å². The van der Waals surface area contributed by atoms with Gasteiger partial charge in [-0.2, -0.15) is 0 Å². The number of aliphatic hydroxyl groups excluding tert-OH is 9. The van der Waals surface area contributed by atoms with E-state index >= 15 is 0 Å². The molecule has 0 radical (unpaired) electrons. The Morgan fingerprint density at radius 2 is 0.857 bits per heavy atom. The number of hydrogen-bond acceptors (Lipinski definition) is 27. The maximum atomic E-state index is 13.7. The molecule has 7 unspecified atom stereocenters. The zero-order valence-electron chi connectivity index (χ0n) is 48.8. The lowest BCUT2D eigenvalue weighted by Gasteiger charge is -2.40. The fourth-order valence-electron chi connectivity index (χ4n) is 8.66. The first kappa shape index (κ1) is 73.2. The molecule has 0 saturated carbocycles. The predicted molar refractivity (Wildman–Crippen MR) is 285 cm³/mol. The molecule has 3 aliphatic heterocycles. The van der Waals surface area contributed by atoms with Gasteiger partial charge in [0.2, 0.25) is 31.0 Å². The van der Waals surface area contributed by atoms with Crippen LogP contribution in [0.3, 0.4) is 0 Å². The van der Waals surface area contributed by atoms with Gasteiger partial charge in [0, 0.05) is 63.1 Å². The average molecular weight is 1240 g/mol. The summed E-state index contributed by atoms with van der Waals surface area (Å²) in [5, 5.41) is 101. The van der Waals surface area contributed by atoms with E-state index in [1.54, 1.807) is 20.8 Å². The Morgan fingerprint density at radius 3 is 1.26 bits per heavy atom. The van der Waals surface area contributed by atoms with Crippen LogP contribution in [0.4, 0.5) is 0 Å². The summed E-state index contributed by atoms with van der Waals surface area (Å²) in [6.07, 6.45) is -13.6. The molecular weight excluding hydrogens is 1150 g/mol. The zero-order valence-corrected chi connectivity index (χ0v) is 48.7. The van der Waals surface area contributed by atoms with Crippen molar-refractivity contribution in [3.05, 3.63) is 0 Å². The van der Waals surface area contributed by atoms with Gasteiger partial charge < -0.3 is 120 Å². The summed E-state index contributed by atoms with van der Waals surface area (Å²) < 4.78 is 73.9. The van der Waals surface area contributed by atoms with Gasteiger partial charge in [-0.1, -0.05) is 20.8 Å². The van der Waals surface area contributed by atoms with E-state index in [1.165, 1.54) is 0 Å². The number of aliphatic hydroxyl groups is 9. The molecule has 34 heteroatoms. The molecule has 490 valence electrons. The molecule has 33 nitrogen and oxygen atoms in total. The quantitative estimate of drug-likeness (QED) is 0.0153. The van der Waals surface area contributed by atoms with Crippen molar-refractivity contribution in [1.29, 1.82) is 1.43 Å². The molecule has 84 heavy (non-hydrogen) atoms. The third-order valence-corrected chi connectivity index (χ3v) is 14.2. The minimum atomic E-state index is -4.52. The van der Waals surface area contributed by atoms with Gasteiger partial charge in [0.25, 0.3) is 0 Å². The molecule has 16 atom stereocenters. The Morgan fingerprint density at radius 1 is 0.488 bits per heavy atom. The fraction of sp³-hybridized carbons (Fsp3) is 0.900. The van der Waals surface area contributed by atoms with Crippen LogP contribution in [-0.4, -0.2) is 278 Å². The number of carbonyl (C=O) groups excluding carboxylic acids is 5. The molecular formula is C50H92N5O28P. The molecule has 3 saturated heterocycles. The summed E-state index contributed by atoms with van der Waals surface area (Å²) in [6, 6.07) is 0. The minimum Gasteiger partial charge on any atom is -0.394 e. The molecule has 3 rings (SSSR count). The summed E-state index contributed by atoms with van der Waals surface area (Å²) >= 11 is 0. The maximum Gasteiger partial charge on any atom is 0.469 e. The van der Waals surface area contributed by atoms with Crippen LogP contribution in [0.15, 0.2) is 0 Å². The third kappa shape index (κ3) is 27.8. The Bertz CT molecular complexity index is 1820. The highest BCUT2D eigenvalue weighted by atomic mass is 31.2. The first-order valence-electron chi connectivity index (χ1n) is 28.5. The molecule has 3 aliphatic rings. The fourth-order valence-corrected chi connectivity index (χ4v) is 9.02.